The molecule has 0 spiro atoms. The second kappa shape index (κ2) is 3.00. The van der Waals surface area contributed by atoms with Gasteiger partial charge in [0, 0.05) is 19.3 Å². The van der Waals surface area contributed by atoms with E-state index in [1.807, 2.05) is 0 Å². The van der Waals surface area contributed by atoms with E-state index < -0.39 is 0 Å². The lowest BCUT2D eigenvalue weighted by atomic mass is 10.3. The minimum Gasteiger partial charge on any atom is -0.237 e. The largest absolute Gasteiger partial charge is 0.237 e. The third-order valence-electron chi connectivity index (χ3n) is 1.94. The molecule has 9 heavy (non-hydrogen) atoms. The highest BCUT2D eigenvalue weighted by atomic mass is 15.0. The van der Waals surface area contributed by atoms with Crippen LogP contribution in [0.15, 0.2) is 0 Å². The fraction of sp³-hybridized carbons (Fsp3) is 0.750. The van der Waals surface area contributed by atoms with Crippen LogP contribution in [-0.2, 0) is 0 Å². The van der Waals surface area contributed by atoms with Crippen LogP contribution in [0.3, 0.4) is 0 Å². The first-order valence-electron chi connectivity index (χ1n) is 3.73. The van der Waals surface area contributed by atoms with Gasteiger partial charge >= 0.3 is 0 Å². The summed E-state index contributed by atoms with van der Waals surface area (Å²) in [6, 6.07) is 0.779. The standard InChI is InChI=1S/C8H15N/c1-3-6-9-7-4-5-8(9)2/h3,6,8H,4-5,7H2,1-2H3/q+1/t8-/m1/s1. The fourth-order valence-electron chi connectivity index (χ4n) is 1.37. The lowest BCUT2D eigenvalue weighted by Gasteiger charge is -1.97. The molecule has 0 aromatic heterocycles. The van der Waals surface area contributed by atoms with E-state index in [2.05, 4.69) is 31.1 Å². The van der Waals surface area contributed by atoms with Crippen LogP contribution in [-0.4, -0.2) is 23.4 Å². The molecule has 1 saturated heterocycles. The molecule has 1 radical (unpaired) electrons. The summed E-state index contributed by atoms with van der Waals surface area (Å²) in [6.45, 7) is 5.61. The fourth-order valence-corrected chi connectivity index (χ4v) is 1.37. The first-order valence-corrected chi connectivity index (χ1v) is 3.73. The van der Waals surface area contributed by atoms with Crippen molar-refractivity contribution in [3.8, 4) is 0 Å². The van der Waals surface area contributed by atoms with Crippen LogP contribution in [0.4, 0.5) is 0 Å². The first kappa shape index (κ1) is 6.79. The van der Waals surface area contributed by atoms with Gasteiger partial charge in [-0.25, -0.2) is 4.58 Å². The zero-order valence-electron chi connectivity index (χ0n) is 6.30. The molecule has 0 aromatic rings. The molecule has 0 unspecified atom stereocenters. The summed E-state index contributed by atoms with van der Waals surface area (Å²) in [5.41, 5.74) is 0. The van der Waals surface area contributed by atoms with Crippen molar-refractivity contribution >= 4 is 6.21 Å². The van der Waals surface area contributed by atoms with Gasteiger partial charge in [0.1, 0.15) is 18.8 Å². The summed E-state index contributed by atoms with van der Waals surface area (Å²) in [6.07, 6.45) is 7.04. The Kier molecular flexibility index (Phi) is 2.26. The van der Waals surface area contributed by atoms with Crippen molar-refractivity contribution in [3.63, 3.8) is 0 Å². The number of nitrogens with zero attached hydrogens (tertiary/aromatic N) is 1. The Labute approximate surface area is 57.4 Å². The average Bonchev–Trinajstić information content (AvgIpc) is 2.18. The molecule has 51 valence electrons. The van der Waals surface area contributed by atoms with Crippen LogP contribution in [0.1, 0.15) is 26.7 Å². The van der Waals surface area contributed by atoms with E-state index >= 15 is 0 Å². The Hall–Kier alpha value is -0.330. The summed E-state index contributed by atoms with van der Waals surface area (Å²) in [4.78, 5) is 0. The number of rotatable bonds is 1. The van der Waals surface area contributed by atoms with Crippen LogP contribution < -0.4 is 0 Å². The second-order valence-corrected chi connectivity index (χ2v) is 2.71. The molecule has 1 heteroatoms. The Bertz CT molecular complexity index is 116. The van der Waals surface area contributed by atoms with Crippen LogP contribution in [0.25, 0.3) is 0 Å². The molecule has 0 saturated carbocycles. The molecule has 0 bridgehead atoms. The third kappa shape index (κ3) is 1.54. The van der Waals surface area contributed by atoms with E-state index in [1.165, 1.54) is 19.4 Å². The van der Waals surface area contributed by atoms with Gasteiger partial charge in [0.25, 0.3) is 0 Å². The minimum absolute atomic E-state index is 0.779. The molecule has 0 amide bonds. The summed E-state index contributed by atoms with van der Waals surface area (Å²) in [5, 5.41) is 0. The Balaban J connectivity index is 2.48. The molecule has 0 aliphatic carbocycles. The lowest BCUT2D eigenvalue weighted by Crippen LogP contribution is -2.16. The zero-order valence-corrected chi connectivity index (χ0v) is 6.30. The quantitative estimate of drug-likeness (QED) is 0.467. The van der Waals surface area contributed by atoms with E-state index in [-0.39, 0.29) is 0 Å². The van der Waals surface area contributed by atoms with E-state index in [0.717, 1.165) is 6.04 Å². The maximum Gasteiger partial charge on any atom is 0.149 e. The summed E-state index contributed by atoms with van der Waals surface area (Å²) in [5.74, 6) is 0. The Morgan fingerprint density at radius 3 is 2.78 bits per heavy atom. The molecule has 1 nitrogen and oxygen atoms in total. The van der Waals surface area contributed by atoms with E-state index in [4.69, 9.17) is 0 Å². The SMILES string of the molecule is C[CH]C=[N+]1CCC[C@H]1C. The van der Waals surface area contributed by atoms with Crippen LogP contribution >= 0.6 is 0 Å². The van der Waals surface area contributed by atoms with Gasteiger partial charge in [0.15, 0.2) is 0 Å². The van der Waals surface area contributed by atoms with Gasteiger partial charge in [-0.05, 0) is 6.92 Å². The predicted molar refractivity (Wildman–Crippen MR) is 39.9 cm³/mol. The number of hydrogen-bond acceptors (Lipinski definition) is 0. The van der Waals surface area contributed by atoms with Crippen molar-refractivity contribution < 1.29 is 4.58 Å². The highest BCUT2D eigenvalue weighted by molar-refractivity contribution is 5.61. The van der Waals surface area contributed by atoms with Gasteiger partial charge in [0.05, 0.1) is 0 Å². The lowest BCUT2D eigenvalue weighted by molar-refractivity contribution is -0.535. The highest BCUT2D eigenvalue weighted by Gasteiger charge is 2.21. The van der Waals surface area contributed by atoms with Crippen LogP contribution in [0.5, 0.6) is 0 Å². The summed E-state index contributed by atoms with van der Waals surface area (Å²) < 4.78 is 2.40. The molecule has 1 fully saturated rings. The highest BCUT2D eigenvalue weighted by Crippen LogP contribution is 2.09. The molecular formula is C8H15N+. The molecule has 1 atom stereocenters. The van der Waals surface area contributed by atoms with Crippen molar-refractivity contribution in [2.45, 2.75) is 32.7 Å². The zero-order chi connectivity index (χ0) is 6.69. The van der Waals surface area contributed by atoms with Crippen molar-refractivity contribution in [2.75, 3.05) is 6.54 Å². The van der Waals surface area contributed by atoms with E-state index in [9.17, 15) is 0 Å². The molecule has 0 aromatic carbocycles. The molecule has 0 N–H and O–H groups in total. The maximum absolute atomic E-state index is 2.40. The monoisotopic (exact) mass is 125 g/mol. The van der Waals surface area contributed by atoms with E-state index in [0.29, 0.717) is 0 Å². The van der Waals surface area contributed by atoms with Crippen molar-refractivity contribution in [2.24, 2.45) is 0 Å². The van der Waals surface area contributed by atoms with E-state index in [1.54, 1.807) is 0 Å². The average molecular weight is 125 g/mol. The maximum atomic E-state index is 2.40. The minimum atomic E-state index is 0.779. The van der Waals surface area contributed by atoms with Gasteiger partial charge in [-0.1, -0.05) is 6.92 Å². The van der Waals surface area contributed by atoms with Gasteiger partial charge in [-0.15, -0.1) is 0 Å². The molecular weight excluding hydrogens is 110 g/mol. The van der Waals surface area contributed by atoms with Gasteiger partial charge in [-0.2, -0.15) is 0 Å². The van der Waals surface area contributed by atoms with Crippen molar-refractivity contribution in [3.05, 3.63) is 6.42 Å². The first-order chi connectivity index (χ1) is 4.34. The van der Waals surface area contributed by atoms with Crippen molar-refractivity contribution in [1.82, 2.24) is 0 Å². The molecule has 1 aliphatic rings. The molecule has 1 rings (SSSR count). The molecule has 1 heterocycles. The second-order valence-electron chi connectivity index (χ2n) is 2.71. The van der Waals surface area contributed by atoms with Crippen LogP contribution in [0.2, 0.25) is 0 Å². The van der Waals surface area contributed by atoms with Crippen molar-refractivity contribution in [1.29, 1.82) is 0 Å². The topological polar surface area (TPSA) is 3.01 Å². The van der Waals surface area contributed by atoms with Gasteiger partial charge in [0.2, 0.25) is 0 Å². The Morgan fingerprint density at radius 2 is 2.33 bits per heavy atom. The Morgan fingerprint density at radius 1 is 1.56 bits per heavy atom. The van der Waals surface area contributed by atoms with Gasteiger partial charge in [-0.3, -0.25) is 0 Å². The van der Waals surface area contributed by atoms with Crippen LogP contribution in [0, 0.1) is 6.42 Å². The summed E-state index contributed by atoms with van der Waals surface area (Å²) in [7, 11) is 0. The third-order valence-corrected chi connectivity index (χ3v) is 1.94. The predicted octanol–water partition coefficient (Wildman–Crippen LogP) is 1.48. The molecule has 1 aliphatic heterocycles. The smallest absolute Gasteiger partial charge is 0.149 e. The number of hydrogen-bond donors (Lipinski definition) is 0. The normalized spacial score (nSPS) is 31.8. The van der Waals surface area contributed by atoms with Gasteiger partial charge < -0.3 is 0 Å². The summed E-state index contributed by atoms with van der Waals surface area (Å²) >= 11 is 0.